The second-order valence-corrected chi connectivity index (χ2v) is 8.62. The van der Waals surface area contributed by atoms with Crippen molar-refractivity contribution in [1.29, 1.82) is 0 Å². The van der Waals surface area contributed by atoms with Crippen molar-refractivity contribution < 1.29 is 18.7 Å². The van der Waals surface area contributed by atoms with E-state index in [9.17, 15) is 14.0 Å². The van der Waals surface area contributed by atoms with Crippen LogP contribution in [0.15, 0.2) is 47.6 Å². The van der Waals surface area contributed by atoms with Gasteiger partial charge < -0.3 is 19.9 Å². The first-order chi connectivity index (χ1) is 16.3. The van der Waals surface area contributed by atoms with Gasteiger partial charge >= 0.3 is 0 Å². The van der Waals surface area contributed by atoms with Gasteiger partial charge in [0.1, 0.15) is 11.6 Å². The van der Waals surface area contributed by atoms with Gasteiger partial charge in [0.25, 0.3) is 5.91 Å². The molecule has 2 aromatic carbocycles. The summed E-state index contributed by atoms with van der Waals surface area (Å²) in [6, 6.07) is 12.2. The van der Waals surface area contributed by atoms with Gasteiger partial charge in [-0.1, -0.05) is 36.9 Å². The quantitative estimate of drug-likeness (QED) is 0.426. The summed E-state index contributed by atoms with van der Waals surface area (Å²) in [6.07, 6.45) is 0.260. The average Bonchev–Trinajstić information content (AvgIpc) is 3.18. The van der Waals surface area contributed by atoms with Crippen LogP contribution in [0.4, 0.5) is 10.1 Å². The third-order valence-electron chi connectivity index (χ3n) is 5.23. The van der Waals surface area contributed by atoms with Gasteiger partial charge in [0.15, 0.2) is 17.1 Å². The second-order valence-electron chi connectivity index (χ2n) is 7.68. The van der Waals surface area contributed by atoms with Crippen LogP contribution in [0.5, 0.6) is 5.75 Å². The highest BCUT2D eigenvalue weighted by Crippen LogP contribution is 2.20. The zero-order valence-corrected chi connectivity index (χ0v) is 20.4. The Kier molecular flexibility index (Phi) is 8.64. The smallest absolute Gasteiger partial charge is 0.261 e. The molecule has 0 aliphatic carbocycles. The Morgan fingerprint density at radius 1 is 1.18 bits per heavy atom. The van der Waals surface area contributed by atoms with Crippen molar-refractivity contribution in [1.82, 2.24) is 20.1 Å². The van der Waals surface area contributed by atoms with Crippen LogP contribution in [0.2, 0.25) is 0 Å². The summed E-state index contributed by atoms with van der Waals surface area (Å²) in [4.78, 5) is 24.7. The van der Waals surface area contributed by atoms with Gasteiger partial charge in [0, 0.05) is 18.3 Å². The minimum absolute atomic E-state index is 0.0793. The Morgan fingerprint density at radius 3 is 2.62 bits per heavy atom. The lowest BCUT2D eigenvalue weighted by Crippen LogP contribution is -2.36. The summed E-state index contributed by atoms with van der Waals surface area (Å²) in [5, 5.41) is 14.2. The SMILES string of the molecule is CCc1ccc(O[C@@H](C)C(=O)NCc2nnc(SCC(=O)Nc3cccc(F)c3C)n2C)cc1. The molecule has 0 aliphatic heterocycles. The molecular formula is C24H28FN5O3S. The number of carbonyl (C=O) groups is 2. The van der Waals surface area contributed by atoms with Crippen molar-refractivity contribution in [3.05, 3.63) is 65.2 Å². The number of carbonyl (C=O) groups excluding carboxylic acids is 2. The molecule has 0 aliphatic rings. The molecule has 3 rings (SSSR count). The van der Waals surface area contributed by atoms with E-state index in [1.54, 1.807) is 37.6 Å². The fourth-order valence-corrected chi connectivity index (χ4v) is 3.79. The normalized spacial score (nSPS) is 11.7. The Balaban J connectivity index is 1.48. The summed E-state index contributed by atoms with van der Waals surface area (Å²) in [5.74, 6) is 0.312. The molecule has 10 heteroatoms. The topological polar surface area (TPSA) is 98.1 Å². The molecule has 0 bridgehead atoms. The highest BCUT2D eigenvalue weighted by atomic mass is 32.2. The molecule has 34 heavy (non-hydrogen) atoms. The molecule has 0 radical (unpaired) electrons. The van der Waals surface area contributed by atoms with Crippen LogP contribution in [-0.4, -0.2) is 38.4 Å². The Morgan fingerprint density at radius 2 is 1.91 bits per heavy atom. The number of hydrogen-bond donors (Lipinski definition) is 2. The number of nitrogens with zero attached hydrogens (tertiary/aromatic N) is 3. The number of aryl methyl sites for hydroxylation is 1. The Bertz CT molecular complexity index is 1150. The summed E-state index contributed by atoms with van der Waals surface area (Å²) in [6.45, 7) is 5.53. The summed E-state index contributed by atoms with van der Waals surface area (Å²) in [5.41, 5.74) is 2.01. The van der Waals surface area contributed by atoms with Crippen LogP contribution >= 0.6 is 11.8 Å². The number of anilines is 1. The van der Waals surface area contributed by atoms with E-state index in [1.165, 1.54) is 23.4 Å². The van der Waals surface area contributed by atoms with Crippen molar-refractivity contribution in [2.24, 2.45) is 7.05 Å². The third kappa shape index (κ3) is 6.57. The minimum Gasteiger partial charge on any atom is -0.481 e. The number of thioether (sulfide) groups is 1. The zero-order chi connectivity index (χ0) is 24.7. The monoisotopic (exact) mass is 485 g/mol. The van der Waals surface area contributed by atoms with Crippen LogP contribution in [0.25, 0.3) is 0 Å². The van der Waals surface area contributed by atoms with Crippen molar-refractivity contribution in [2.45, 2.75) is 45.0 Å². The minimum atomic E-state index is -0.676. The van der Waals surface area contributed by atoms with Crippen LogP contribution in [0.3, 0.4) is 0 Å². The lowest BCUT2D eigenvalue weighted by atomic mass is 10.2. The molecule has 0 spiro atoms. The van der Waals surface area contributed by atoms with Crippen molar-refractivity contribution in [3.8, 4) is 5.75 Å². The number of ether oxygens (including phenoxy) is 1. The van der Waals surface area contributed by atoms with Gasteiger partial charge in [-0.3, -0.25) is 9.59 Å². The predicted octanol–water partition coefficient (Wildman–Crippen LogP) is 3.64. The first-order valence-electron chi connectivity index (χ1n) is 10.9. The van der Waals surface area contributed by atoms with Gasteiger partial charge in [-0.15, -0.1) is 10.2 Å². The van der Waals surface area contributed by atoms with Crippen molar-refractivity contribution >= 4 is 29.3 Å². The number of aromatic nitrogens is 3. The molecule has 0 unspecified atom stereocenters. The van der Waals surface area contributed by atoms with E-state index in [4.69, 9.17) is 4.74 Å². The van der Waals surface area contributed by atoms with E-state index >= 15 is 0 Å². The van der Waals surface area contributed by atoms with Crippen LogP contribution < -0.4 is 15.4 Å². The molecule has 3 aromatic rings. The lowest BCUT2D eigenvalue weighted by molar-refractivity contribution is -0.127. The number of rotatable bonds is 10. The Hall–Kier alpha value is -3.40. The molecule has 0 fully saturated rings. The summed E-state index contributed by atoms with van der Waals surface area (Å²) >= 11 is 1.20. The second kappa shape index (κ2) is 11.6. The standard InChI is InChI=1S/C24H28FN5O3S/c1-5-17-9-11-18(12-10-17)33-16(3)23(32)26-13-21-28-29-24(30(21)4)34-14-22(31)27-20-8-6-7-19(25)15(20)2/h6-12,16H,5,13-14H2,1-4H3,(H,26,32)(H,27,31)/t16-/m0/s1. The summed E-state index contributed by atoms with van der Waals surface area (Å²) in [7, 11) is 1.76. The van der Waals surface area contributed by atoms with E-state index in [0.29, 0.717) is 28.0 Å². The first-order valence-corrected chi connectivity index (χ1v) is 11.9. The van der Waals surface area contributed by atoms with Crippen LogP contribution in [0.1, 0.15) is 30.8 Å². The third-order valence-corrected chi connectivity index (χ3v) is 6.25. The van der Waals surface area contributed by atoms with Gasteiger partial charge in [0.2, 0.25) is 5.91 Å². The maximum atomic E-state index is 13.6. The van der Waals surface area contributed by atoms with E-state index < -0.39 is 6.10 Å². The van der Waals surface area contributed by atoms with Gasteiger partial charge in [-0.05, 0) is 50.1 Å². The summed E-state index contributed by atoms with van der Waals surface area (Å²) < 4.78 is 21.0. The van der Waals surface area contributed by atoms with E-state index in [-0.39, 0.29) is 29.9 Å². The molecule has 2 N–H and O–H groups in total. The lowest BCUT2D eigenvalue weighted by Gasteiger charge is -2.15. The Labute approximate surface area is 202 Å². The molecule has 0 saturated heterocycles. The molecule has 2 amide bonds. The molecule has 0 saturated carbocycles. The van der Waals surface area contributed by atoms with Crippen LogP contribution in [-0.2, 0) is 29.6 Å². The van der Waals surface area contributed by atoms with E-state index in [1.807, 2.05) is 24.3 Å². The molecular weight excluding hydrogens is 457 g/mol. The number of hydrogen-bond acceptors (Lipinski definition) is 6. The van der Waals surface area contributed by atoms with Gasteiger partial charge in [-0.25, -0.2) is 4.39 Å². The molecule has 8 nitrogen and oxygen atoms in total. The van der Waals surface area contributed by atoms with Crippen LogP contribution in [0, 0.1) is 12.7 Å². The highest BCUT2D eigenvalue weighted by molar-refractivity contribution is 7.99. The maximum absolute atomic E-state index is 13.6. The number of benzene rings is 2. The number of nitrogens with one attached hydrogen (secondary N) is 2. The highest BCUT2D eigenvalue weighted by Gasteiger charge is 2.17. The first kappa shape index (κ1) is 25.2. The van der Waals surface area contributed by atoms with Gasteiger partial charge in [0.05, 0.1) is 12.3 Å². The molecule has 1 aromatic heterocycles. The zero-order valence-electron chi connectivity index (χ0n) is 19.6. The average molecular weight is 486 g/mol. The number of halogens is 1. The fourth-order valence-electron chi connectivity index (χ4n) is 3.06. The number of amides is 2. The molecule has 1 atom stereocenters. The van der Waals surface area contributed by atoms with Crippen molar-refractivity contribution in [2.75, 3.05) is 11.1 Å². The molecule has 1 heterocycles. The predicted molar refractivity (Wildman–Crippen MR) is 129 cm³/mol. The molecule has 180 valence electrons. The maximum Gasteiger partial charge on any atom is 0.261 e. The largest absolute Gasteiger partial charge is 0.481 e. The van der Waals surface area contributed by atoms with E-state index in [0.717, 1.165) is 6.42 Å². The van der Waals surface area contributed by atoms with Crippen molar-refractivity contribution in [3.63, 3.8) is 0 Å². The van der Waals surface area contributed by atoms with Gasteiger partial charge in [-0.2, -0.15) is 0 Å². The fraction of sp³-hybridized carbons (Fsp3) is 0.333. The van der Waals surface area contributed by atoms with E-state index in [2.05, 4.69) is 27.8 Å².